The van der Waals surface area contributed by atoms with E-state index in [0.717, 1.165) is 11.5 Å². The smallest absolute Gasteiger partial charge is 0.246 e. The van der Waals surface area contributed by atoms with Gasteiger partial charge in [-0.25, -0.2) is 8.42 Å². The molecule has 2 rings (SSSR count). The fourth-order valence-corrected chi connectivity index (χ4v) is 4.22. The van der Waals surface area contributed by atoms with Crippen LogP contribution in [-0.2, 0) is 10.0 Å². The maximum absolute atomic E-state index is 12.1. The lowest BCUT2D eigenvalue weighted by Crippen LogP contribution is -2.37. The molecule has 1 aliphatic rings. The lowest BCUT2D eigenvalue weighted by Gasteiger charge is -2.25. The highest BCUT2D eigenvalue weighted by Crippen LogP contribution is 2.21. The van der Waals surface area contributed by atoms with E-state index in [9.17, 15) is 8.42 Å². The van der Waals surface area contributed by atoms with E-state index in [4.69, 9.17) is 0 Å². The Bertz CT molecular complexity index is 434. The zero-order valence-electron chi connectivity index (χ0n) is 8.43. The SMILES string of the molecule is Cc1[nH]ncc1S(=O)(=O)N1CCSCC1. The van der Waals surface area contributed by atoms with Crippen LogP contribution in [0, 0.1) is 6.92 Å². The Hall–Kier alpha value is -0.530. The summed E-state index contributed by atoms with van der Waals surface area (Å²) in [4.78, 5) is 0.300. The van der Waals surface area contributed by atoms with Crippen molar-refractivity contribution >= 4 is 21.8 Å². The van der Waals surface area contributed by atoms with Crippen LogP contribution in [0.5, 0.6) is 0 Å². The van der Waals surface area contributed by atoms with E-state index in [1.165, 1.54) is 10.5 Å². The number of aryl methyl sites for hydroxylation is 1. The molecule has 1 aromatic heterocycles. The van der Waals surface area contributed by atoms with Gasteiger partial charge in [-0.2, -0.15) is 21.2 Å². The minimum Gasteiger partial charge on any atom is -0.281 e. The molecule has 0 spiro atoms. The first kappa shape index (κ1) is 11.0. The molecular weight excluding hydrogens is 234 g/mol. The predicted octanol–water partition coefficient (Wildman–Crippen LogP) is 0.456. The molecule has 0 radical (unpaired) electrons. The second kappa shape index (κ2) is 4.15. The van der Waals surface area contributed by atoms with Gasteiger partial charge in [0.2, 0.25) is 10.0 Å². The van der Waals surface area contributed by atoms with Crippen LogP contribution in [-0.4, -0.2) is 47.5 Å². The van der Waals surface area contributed by atoms with Gasteiger partial charge < -0.3 is 0 Å². The van der Waals surface area contributed by atoms with Crippen molar-refractivity contribution in [1.29, 1.82) is 0 Å². The van der Waals surface area contributed by atoms with Crippen molar-refractivity contribution in [2.45, 2.75) is 11.8 Å². The van der Waals surface area contributed by atoms with Crippen LogP contribution < -0.4 is 0 Å². The molecule has 1 N–H and O–H groups in total. The highest BCUT2D eigenvalue weighted by Gasteiger charge is 2.28. The van der Waals surface area contributed by atoms with Crippen molar-refractivity contribution in [3.8, 4) is 0 Å². The van der Waals surface area contributed by atoms with Crippen LogP contribution in [0.4, 0.5) is 0 Å². The maximum atomic E-state index is 12.1. The summed E-state index contributed by atoms with van der Waals surface area (Å²) < 4.78 is 25.8. The van der Waals surface area contributed by atoms with Crippen LogP contribution in [0.2, 0.25) is 0 Å². The van der Waals surface area contributed by atoms with Gasteiger partial charge in [-0.05, 0) is 6.92 Å². The minimum absolute atomic E-state index is 0.300. The van der Waals surface area contributed by atoms with Crippen LogP contribution >= 0.6 is 11.8 Å². The third-order valence-electron chi connectivity index (χ3n) is 2.37. The van der Waals surface area contributed by atoms with Crippen molar-refractivity contribution in [1.82, 2.24) is 14.5 Å². The first-order valence-electron chi connectivity index (χ1n) is 4.70. The number of rotatable bonds is 2. The van der Waals surface area contributed by atoms with E-state index < -0.39 is 10.0 Å². The Morgan fingerprint density at radius 1 is 1.47 bits per heavy atom. The molecular formula is C8H13N3O2S2. The molecule has 7 heteroatoms. The molecule has 1 fully saturated rings. The van der Waals surface area contributed by atoms with Gasteiger partial charge >= 0.3 is 0 Å². The van der Waals surface area contributed by atoms with E-state index in [1.807, 2.05) is 0 Å². The second-order valence-corrected chi connectivity index (χ2v) is 6.51. The van der Waals surface area contributed by atoms with E-state index in [1.54, 1.807) is 18.7 Å². The van der Waals surface area contributed by atoms with Crippen molar-refractivity contribution in [2.24, 2.45) is 0 Å². The van der Waals surface area contributed by atoms with Gasteiger partial charge in [0.15, 0.2) is 0 Å². The molecule has 0 unspecified atom stereocenters. The van der Waals surface area contributed by atoms with Crippen molar-refractivity contribution in [3.05, 3.63) is 11.9 Å². The number of sulfonamides is 1. The number of nitrogens with one attached hydrogen (secondary N) is 1. The number of aromatic nitrogens is 2. The summed E-state index contributed by atoms with van der Waals surface area (Å²) in [5.41, 5.74) is 0.605. The molecule has 2 heterocycles. The Labute approximate surface area is 93.3 Å². The van der Waals surface area contributed by atoms with Crippen molar-refractivity contribution in [2.75, 3.05) is 24.6 Å². The molecule has 5 nitrogen and oxygen atoms in total. The molecule has 0 saturated carbocycles. The Balaban J connectivity index is 2.30. The summed E-state index contributed by atoms with van der Waals surface area (Å²) in [6.45, 7) is 2.91. The molecule has 1 aromatic rings. The number of hydrogen-bond acceptors (Lipinski definition) is 4. The first-order valence-corrected chi connectivity index (χ1v) is 7.30. The number of hydrogen-bond donors (Lipinski definition) is 1. The summed E-state index contributed by atoms with van der Waals surface area (Å²) in [6.07, 6.45) is 1.38. The zero-order valence-corrected chi connectivity index (χ0v) is 10.1. The summed E-state index contributed by atoms with van der Waals surface area (Å²) in [6, 6.07) is 0. The maximum Gasteiger partial charge on any atom is 0.246 e. The number of thioether (sulfide) groups is 1. The molecule has 84 valence electrons. The fraction of sp³-hybridized carbons (Fsp3) is 0.625. The summed E-state index contributed by atoms with van der Waals surface area (Å²) in [7, 11) is -3.32. The molecule has 0 atom stereocenters. The average Bonchev–Trinajstić information content (AvgIpc) is 2.66. The Morgan fingerprint density at radius 3 is 2.67 bits per heavy atom. The highest BCUT2D eigenvalue weighted by molar-refractivity contribution is 7.99. The van der Waals surface area contributed by atoms with Gasteiger partial charge in [-0.3, -0.25) is 5.10 Å². The Kier molecular flexibility index (Phi) is 3.03. The standard InChI is InChI=1S/C8H13N3O2S2/c1-7-8(6-9-10-7)15(12,13)11-2-4-14-5-3-11/h6H,2-5H2,1H3,(H,9,10). The van der Waals surface area contributed by atoms with Gasteiger partial charge in [0.05, 0.1) is 11.9 Å². The monoisotopic (exact) mass is 247 g/mol. The molecule has 0 aromatic carbocycles. The highest BCUT2D eigenvalue weighted by atomic mass is 32.2. The van der Waals surface area contributed by atoms with Crippen LogP contribution in [0.15, 0.2) is 11.1 Å². The van der Waals surface area contributed by atoms with E-state index in [0.29, 0.717) is 23.7 Å². The van der Waals surface area contributed by atoms with E-state index >= 15 is 0 Å². The minimum atomic E-state index is -3.32. The fourth-order valence-electron chi connectivity index (χ4n) is 1.53. The summed E-state index contributed by atoms with van der Waals surface area (Å²) in [5, 5.41) is 6.40. The number of H-pyrrole nitrogens is 1. The van der Waals surface area contributed by atoms with E-state index in [-0.39, 0.29) is 0 Å². The zero-order chi connectivity index (χ0) is 10.9. The third kappa shape index (κ3) is 2.04. The topological polar surface area (TPSA) is 66.1 Å². The molecule has 15 heavy (non-hydrogen) atoms. The van der Waals surface area contributed by atoms with Crippen LogP contribution in [0.25, 0.3) is 0 Å². The molecule has 1 aliphatic heterocycles. The predicted molar refractivity (Wildman–Crippen MR) is 59.4 cm³/mol. The van der Waals surface area contributed by atoms with Gasteiger partial charge in [0, 0.05) is 24.6 Å². The van der Waals surface area contributed by atoms with Crippen LogP contribution in [0.1, 0.15) is 5.69 Å². The molecule has 1 saturated heterocycles. The number of aromatic amines is 1. The lowest BCUT2D eigenvalue weighted by atomic mass is 10.5. The van der Waals surface area contributed by atoms with Gasteiger partial charge in [0.1, 0.15) is 4.90 Å². The summed E-state index contributed by atoms with van der Waals surface area (Å²) in [5.74, 6) is 1.74. The van der Waals surface area contributed by atoms with Crippen LogP contribution in [0.3, 0.4) is 0 Å². The quantitative estimate of drug-likeness (QED) is 0.824. The largest absolute Gasteiger partial charge is 0.281 e. The second-order valence-electron chi connectivity index (χ2n) is 3.38. The van der Waals surface area contributed by atoms with E-state index in [2.05, 4.69) is 10.2 Å². The summed E-state index contributed by atoms with van der Waals surface area (Å²) >= 11 is 1.79. The molecule has 0 bridgehead atoms. The first-order chi connectivity index (χ1) is 7.12. The van der Waals surface area contributed by atoms with Crippen molar-refractivity contribution in [3.63, 3.8) is 0 Å². The van der Waals surface area contributed by atoms with Gasteiger partial charge in [-0.1, -0.05) is 0 Å². The van der Waals surface area contributed by atoms with Gasteiger partial charge in [-0.15, -0.1) is 0 Å². The van der Waals surface area contributed by atoms with Gasteiger partial charge in [0.25, 0.3) is 0 Å². The molecule has 0 amide bonds. The normalized spacial score (nSPS) is 19.3. The third-order valence-corrected chi connectivity index (χ3v) is 5.33. The van der Waals surface area contributed by atoms with Crippen molar-refractivity contribution < 1.29 is 8.42 Å². The number of nitrogens with zero attached hydrogens (tertiary/aromatic N) is 2. The Morgan fingerprint density at radius 2 is 2.13 bits per heavy atom. The molecule has 0 aliphatic carbocycles. The lowest BCUT2D eigenvalue weighted by molar-refractivity contribution is 0.443. The average molecular weight is 247 g/mol.